The molecule has 1 N–H and O–H groups in total. The second-order valence-electron chi connectivity index (χ2n) is 4.71. The minimum Gasteiger partial charge on any atom is -0.312 e. The van der Waals surface area contributed by atoms with Crippen molar-refractivity contribution in [2.75, 3.05) is 18.1 Å². The van der Waals surface area contributed by atoms with Crippen LogP contribution < -0.4 is 5.32 Å². The lowest BCUT2D eigenvalue weighted by molar-refractivity contribution is 0.521. The van der Waals surface area contributed by atoms with Crippen LogP contribution in [0.3, 0.4) is 0 Å². The molecule has 1 aromatic rings. The Balaban J connectivity index is 1.77. The fourth-order valence-corrected chi connectivity index (χ4v) is 4.01. The van der Waals surface area contributed by atoms with E-state index < -0.39 is 9.84 Å². The third-order valence-corrected chi connectivity index (χ3v) is 5.01. The number of benzene rings is 1. The third-order valence-electron chi connectivity index (χ3n) is 3.17. The van der Waals surface area contributed by atoms with Crippen molar-refractivity contribution in [2.24, 2.45) is 5.92 Å². The van der Waals surface area contributed by atoms with E-state index in [1.54, 1.807) is 12.1 Å². The summed E-state index contributed by atoms with van der Waals surface area (Å²) in [6, 6.07) is 9.48. The molecule has 1 heterocycles. The quantitative estimate of drug-likeness (QED) is 0.883. The van der Waals surface area contributed by atoms with Crippen LogP contribution in [-0.2, 0) is 16.4 Å². The first-order valence-electron chi connectivity index (χ1n) is 5.99. The first-order chi connectivity index (χ1) is 8.59. The number of sulfone groups is 1. The Morgan fingerprint density at radius 3 is 2.61 bits per heavy atom. The van der Waals surface area contributed by atoms with Gasteiger partial charge in [-0.2, -0.15) is 5.26 Å². The molecule has 0 amide bonds. The molecule has 0 bridgehead atoms. The van der Waals surface area contributed by atoms with Crippen LogP contribution in [-0.4, -0.2) is 26.5 Å². The maximum Gasteiger partial charge on any atom is 0.150 e. The summed E-state index contributed by atoms with van der Waals surface area (Å²) in [5.41, 5.74) is 1.76. The topological polar surface area (TPSA) is 70.0 Å². The van der Waals surface area contributed by atoms with Crippen molar-refractivity contribution >= 4 is 9.84 Å². The van der Waals surface area contributed by atoms with Gasteiger partial charge in [-0.25, -0.2) is 8.42 Å². The number of nitrogens with zero attached hydrogens (tertiary/aromatic N) is 1. The van der Waals surface area contributed by atoms with Crippen molar-refractivity contribution in [3.63, 3.8) is 0 Å². The average molecular weight is 264 g/mol. The second kappa shape index (κ2) is 5.51. The van der Waals surface area contributed by atoms with E-state index in [1.165, 1.54) is 0 Å². The van der Waals surface area contributed by atoms with Crippen LogP contribution >= 0.6 is 0 Å². The van der Waals surface area contributed by atoms with Crippen LogP contribution in [0.15, 0.2) is 24.3 Å². The van der Waals surface area contributed by atoms with Crippen LogP contribution in [0.2, 0.25) is 0 Å². The molecule has 1 saturated heterocycles. The smallest absolute Gasteiger partial charge is 0.150 e. The first kappa shape index (κ1) is 13.1. The minimum absolute atomic E-state index is 0.244. The lowest BCUT2D eigenvalue weighted by Gasteiger charge is -2.09. The van der Waals surface area contributed by atoms with Gasteiger partial charge in [0.1, 0.15) is 0 Å². The Labute approximate surface area is 108 Å². The standard InChI is InChI=1S/C13H16N2O2S/c14-7-11-1-3-12(4-2-11)8-15-9-13-5-6-18(16,17)10-13/h1-4,13,15H,5-6,8-10H2. The van der Waals surface area contributed by atoms with Crippen LogP contribution in [0.1, 0.15) is 17.5 Å². The highest BCUT2D eigenvalue weighted by molar-refractivity contribution is 7.91. The number of rotatable bonds is 4. The van der Waals surface area contributed by atoms with Gasteiger partial charge in [-0.1, -0.05) is 12.1 Å². The fourth-order valence-electron chi connectivity index (χ4n) is 2.15. The molecule has 1 atom stereocenters. The van der Waals surface area contributed by atoms with Gasteiger partial charge in [-0.15, -0.1) is 0 Å². The molecule has 0 saturated carbocycles. The Bertz CT molecular complexity index is 543. The lowest BCUT2D eigenvalue weighted by Crippen LogP contribution is -2.23. The zero-order valence-corrected chi connectivity index (χ0v) is 10.9. The van der Waals surface area contributed by atoms with Gasteiger partial charge in [0.2, 0.25) is 0 Å². The summed E-state index contributed by atoms with van der Waals surface area (Å²) in [4.78, 5) is 0. The normalized spacial score (nSPS) is 21.6. The van der Waals surface area contributed by atoms with Crippen molar-refractivity contribution in [1.29, 1.82) is 5.26 Å². The number of hydrogen-bond acceptors (Lipinski definition) is 4. The van der Waals surface area contributed by atoms with E-state index >= 15 is 0 Å². The highest BCUT2D eigenvalue weighted by Crippen LogP contribution is 2.17. The molecule has 1 aromatic carbocycles. The first-order valence-corrected chi connectivity index (χ1v) is 7.81. The molecule has 4 nitrogen and oxygen atoms in total. The van der Waals surface area contributed by atoms with Gasteiger partial charge >= 0.3 is 0 Å². The molecule has 5 heteroatoms. The highest BCUT2D eigenvalue weighted by Gasteiger charge is 2.27. The van der Waals surface area contributed by atoms with Gasteiger partial charge in [0.25, 0.3) is 0 Å². The van der Waals surface area contributed by atoms with Crippen molar-refractivity contribution in [2.45, 2.75) is 13.0 Å². The minimum atomic E-state index is -2.78. The molecule has 2 rings (SSSR count). The Morgan fingerprint density at radius 2 is 2.06 bits per heavy atom. The predicted molar refractivity (Wildman–Crippen MR) is 69.6 cm³/mol. The zero-order chi connectivity index (χ0) is 13.0. The van der Waals surface area contributed by atoms with E-state index in [4.69, 9.17) is 5.26 Å². The van der Waals surface area contributed by atoms with E-state index in [-0.39, 0.29) is 5.92 Å². The van der Waals surface area contributed by atoms with E-state index in [9.17, 15) is 8.42 Å². The van der Waals surface area contributed by atoms with E-state index in [1.807, 2.05) is 12.1 Å². The largest absolute Gasteiger partial charge is 0.312 e. The summed E-state index contributed by atoms with van der Waals surface area (Å²) in [5.74, 6) is 0.886. The summed E-state index contributed by atoms with van der Waals surface area (Å²) in [6.45, 7) is 1.45. The summed E-state index contributed by atoms with van der Waals surface area (Å²) in [6.07, 6.45) is 0.767. The number of nitrogens with one attached hydrogen (secondary N) is 1. The summed E-state index contributed by atoms with van der Waals surface area (Å²) in [5, 5.41) is 11.9. The van der Waals surface area contributed by atoms with Crippen molar-refractivity contribution in [3.05, 3.63) is 35.4 Å². The van der Waals surface area contributed by atoms with Gasteiger partial charge in [0.15, 0.2) is 9.84 Å². The molecule has 1 unspecified atom stereocenters. The molecule has 0 spiro atoms. The average Bonchev–Trinajstić information content (AvgIpc) is 2.70. The monoisotopic (exact) mass is 264 g/mol. The highest BCUT2D eigenvalue weighted by atomic mass is 32.2. The summed E-state index contributed by atoms with van der Waals surface area (Å²) in [7, 11) is -2.78. The number of hydrogen-bond donors (Lipinski definition) is 1. The van der Waals surface area contributed by atoms with Crippen LogP contribution in [0, 0.1) is 17.2 Å². The molecule has 0 aliphatic carbocycles. The molecule has 1 aliphatic rings. The SMILES string of the molecule is N#Cc1ccc(CNCC2CCS(=O)(=O)C2)cc1. The fraction of sp³-hybridized carbons (Fsp3) is 0.462. The maximum atomic E-state index is 11.3. The Kier molecular flexibility index (Phi) is 4.00. The van der Waals surface area contributed by atoms with Crippen molar-refractivity contribution < 1.29 is 8.42 Å². The predicted octanol–water partition coefficient (Wildman–Crippen LogP) is 1.08. The molecule has 96 valence electrons. The van der Waals surface area contributed by atoms with Gasteiger partial charge < -0.3 is 5.32 Å². The molecule has 18 heavy (non-hydrogen) atoms. The third kappa shape index (κ3) is 3.56. The molecule has 0 radical (unpaired) electrons. The van der Waals surface area contributed by atoms with Crippen LogP contribution in [0.4, 0.5) is 0 Å². The maximum absolute atomic E-state index is 11.3. The van der Waals surface area contributed by atoms with E-state index in [0.29, 0.717) is 23.6 Å². The van der Waals surface area contributed by atoms with Crippen molar-refractivity contribution in [1.82, 2.24) is 5.32 Å². The lowest BCUT2D eigenvalue weighted by atomic mass is 10.1. The van der Waals surface area contributed by atoms with Crippen LogP contribution in [0.5, 0.6) is 0 Å². The van der Waals surface area contributed by atoms with Gasteiger partial charge in [0, 0.05) is 6.54 Å². The number of nitriles is 1. The molecule has 0 aromatic heterocycles. The molecule has 1 fully saturated rings. The Hall–Kier alpha value is -1.38. The molecule has 1 aliphatic heterocycles. The van der Waals surface area contributed by atoms with Gasteiger partial charge in [0.05, 0.1) is 23.1 Å². The zero-order valence-electron chi connectivity index (χ0n) is 10.1. The molecular weight excluding hydrogens is 248 g/mol. The van der Waals surface area contributed by atoms with Gasteiger partial charge in [-0.05, 0) is 36.6 Å². The van der Waals surface area contributed by atoms with E-state index in [2.05, 4.69) is 11.4 Å². The Morgan fingerprint density at radius 1 is 1.33 bits per heavy atom. The summed E-state index contributed by atoms with van der Waals surface area (Å²) < 4.78 is 22.6. The van der Waals surface area contributed by atoms with Crippen LogP contribution in [0.25, 0.3) is 0 Å². The second-order valence-corrected chi connectivity index (χ2v) is 6.94. The summed E-state index contributed by atoms with van der Waals surface area (Å²) >= 11 is 0. The van der Waals surface area contributed by atoms with Gasteiger partial charge in [-0.3, -0.25) is 0 Å². The van der Waals surface area contributed by atoms with E-state index in [0.717, 1.165) is 18.5 Å². The van der Waals surface area contributed by atoms with Crippen molar-refractivity contribution in [3.8, 4) is 6.07 Å². The molecular formula is C13H16N2O2S.